The Morgan fingerprint density at radius 2 is 1.87 bits per heavy atom. The number of para-hydroxylation sites is 1. The van der Waals surface area contributed by atoms with Crippen molar-refractivity contribution >= 4 is 17.3 Å². The van der Waals surface area contributed by atoms with E-state index in [1.54, 1.807) is 24.3 Å². The van der Waals surface area contributed by atoms with E-state index < -0.39 is 0 Å². The molecule has 0 aliphatic rings. The Balaban J connectivity index is 2.01. The number of nitrogens with zero attached hydrogens (tertiary/aromatic N) is 1. The normalized spacial score (nSPS) is 10.2. The Morgan fingerprint density at radius 1 is 1.17 bits per heavy atom. The van der Waals surface area contributed by atoms with Crippen molar-refractivity contribution < 1.29 is 4.79 Å². The number of hydrogen-bond donors (Lipinski definition) is 2. The van der Waals surface area contributed by atoms with Crippen LogP contribution in [0.4, 0.5) is 11.4 Å². The first kappa shape index (κ1) is 16.6. The van der Waals surface area contributed by atoms with Crippen LogP contribution in [0.3, 0.4) is 0 Å². The van der Waals surface area contributed by atoms with Gasteiger partial charge in [0.05, 0.1) is 18.2 Å². The lowest BCUT2D eigenvalue weighted by Gasteiger charge is -2.17. The number of carbonyl (C=O) groups is 1. The largest absolute Gasteiger partial charge is 0.376 e. The maximum Gasteiger partial charge on any atom is 0.243 e. The molecular weight excluding hydrogens is 286 g/mol. The topological polar surface area (TPSA) is 64.9 Å². The fourth-order valence-electron chi connectivity index (χ4n) is 2.42. The quantitative estimate of drug-likeness (QED) is 0.876. The molecule has 0 unspecified atom stereocenters. The smallest absolute Gasteiger partial charge is 0.243 e. The molecule has 0 aromatic heterocycles. The van der Waals surface area contributed by atoms with Crippen LogP contribution in [0.2, 0.25) is 0 Å². The van der Waals surface area contributed by atoms with Gasteiger partial charge in [0, 0.05) is 11.4 Å². The lowest BCUT2D eigenvalue weighted by molar-refractivity contribution is -0.114. The number of nitrogens with one attached hydrogen (secondary N) is 2. The highest BCUT2D eigenvalue weighted by Gasteiger charge is 2.10. The van der Waals surface area contributed by atoms with Crippen molar-refractivity contribution in [2.24, 2.45) is 0 Å². The summed E-state index contributed by atoms with van der Waals surface area (Å²) in [6, 6.07) is 15.0. The van der Waals surface area contributed by atoms with Crippen molar-refractivity contribution in [3.63, 3.8) is 0 Å². The Labute approximate surface area is 137 Å². The minimum absolute atomic E-state index is 0.118. The van der Waals surface area contributed by atoms with Crippen LogP contribution in [0.5, 0.6) is 0 Å². The zero-order valence-corrected chi connectivity index (χ0v) is 13.7. The highest BCUT2D eigenvalue weighted by molar-refractivity contribution is 5.94. The summed E-state index contributed by atoms with van der Waals surface area (Å²) in [6.45, 7) is 6.50. The molecule has 0 saturated carbocycles. The lowest BCUT2D eigenvalue weighted by atomic mass is 9.98. The van der Waals surface area contributed by atoms with Gasteiger partial charge in [-0.05, 0) is 48.2 Å². The van der Waals surface area contributed by atoms with Gasteiger partial charge in [0.15, 0.2) is 0 Å². The first-order valence-electron chi connectivity index (χ1n) is 7.64. The number of hydrogen-bond acceptors (Lipinski definition) is 3. The van der Waals surface area contributed by atoms with Gasteiger partial charge in [0.25, 0.3) is 0 Å². The molecule has 4 nitrogen and oxygen atoms in total. The second kappa shape index (κ2) is 7.46. The van der Waals surface area contributed by atoms with Crippen molar-refractivity contribution in [1.29, 1.82) is 5.26 Å². The van der Waals surface area contributed by atoms with Gasteiger partial charge in [-0.3, -0.25) is 4.79 Å². The van der Waals surface area contributed by atoms with Crippen LogP contribution in [0.25, 0.3) is 0 Å². The number of rotatable bonds is 5. The summed E-state index contributed by atoms with van der Waals surface area (Å²) < 4.78 is 0. The first-order valence-corrected chi connectivity index (χ1v) is 7.64. The van der Waals surface area contributed by atoms with E-state index >= 15 is 0 Å². The van der Waals surface area contributed by atoms with Crippen LogP contribution in [0, 0.1) is 18.3 Å². The van der Waals surface area contributed by atoms with Crippen LogP contribution in [0.1, 0.15) is 36.5 Å². The standard InChI is InChI=1S/C19H21N3O/c1-13(2)17-6-4-5-14(3)19(17)21-12-18(23)22-16-9-7-15(11-20)8-10-16/h4-10,13,21H,12H2,1-3H3,(H,22,23). The van der Waals surface area contributed by atoms with E-state index in [2.05, 4.69) is 36.6 Å². The molecule has 2 N–H and O–H groups in total. The molecule has 0 saturated heterocycles. The van der Waals surface area contributed by atoms with Gasteiger partial charge in [-0.2, -0.15) is 5.26 Å². The number of carbonyl (C=O) groups excluding carboxylic acids is 1. The number of nitriles is 1. The van der Waals surface area contributed by atoms with Crippen molar-refractivity contribution in [1.82, 2.24) is 0 Å². The van der Waals surface area contributed by atoms with Crippen molar-refractivity contribution in [3.05, 3.63) is 59.2 Å². The second-order valence-electron chi connectivity index (χ2n) is 5.78. The Morgan fingerprint density at radius 3 is 2.48 bits per heavy atom. The minimum Gasteiger partial charge on any atom is -0.376 e. The van der Waals surface area contributed by atoms with E-state index in [9.17, 15) is 4.79 Å². The summed E-state index contributed by atoms with van der Waals surface area (Å²) in [5, 5.41) is 14.8. The summed E-state index contributed by atoms with van der Waals surface area (Å²) in [5.74, 6) is 0.270. The molecule has 0 bridgehead atoms. The molecule has 1 amide bonds. The minimum atomic E-state index is -0.118. The Kier molecular flexibility index (Phi) is 5.37. The van der Waals surface area contributed by atoms with Crippen molar-refractivity contribution in [2.45, 2.75) is 26.7 Å². The van der Waals surface area contributed by atoms with Crippen LogP contribution in [-0.2, 0) is 4.79 Å². The van der Waals surface area contributed by atoms with Gasteiger partial charge in [-0.1, -0.05) is 32.0 Å². The molecule has 0 radical (unpaired) electrons. The maximum absolute atomic E-state index is 12.1. The molecule has 4 heteroatoms. The third kappa shape index (κ3) is 4.33. The van der Waals surface area contributed by atoms with Crippen LogP contribution < -0.4 is 10.6 Å². The van der Waals surface area contributed by atoms with Gasteiger partial charge < -0.3 is 10.6 Å². The molecular formula is C19H21N3O. The zero-order valence-electron chi connectivity index (χ0n) is 13.7. The molecule has 2 aromatic carbocycles. The summed E-state index contributed by atoms with van der Waals surface area (Å²) in [6.07, 6.45) is 0. The van der Waals surface area contributed by atoms with E-state index in [0.29, 0.717) is 17.2 Å². The number of anilines is 2. The fraction of sp³-hybridized carbons (Fsp3) is 0.263. The van der Waals surface area contributed by atoms with Gasteiger partial charge in [-0.25, -0.2) is 0 Å². The number of amides is 1. The summed E-state index contributed by atoms with van der Waals surface area (Å²) in [5.41, 5.74) is 4.61. The van der Waals surface area contributed by atoms with E-state index in [-0.39, 0.29) is 12.5 Å². The summed E-state index contributed by atoms with van der Waals surface area (Å²) in [7, 11) is 0. The van der Waals surface area contributed by atoms with Gasteiger partial charge >= 0.3 is 0 Å². The summed E-state index contributed by atoms with van der Waals surface area (Å²) >= 11 is 0. The van der Waals surface area contributed by atoms with E-state index in [1.807, 2.05) is 19.1 Å². The van der Waals surface area contributed by atoms with E-state index in [1.165, 1.54) is 5.56 Å². The Hall–Kier alpha value is -2.80. The van der Waals surface area contributed by atoms with Gasteiger partial charge in [0.2, 0.25) is 5.91 Å². The predicted octanol–water partition coefficient (Wildman–Crippen LogP) is 4.04. The SMILES string of the molecule is Cc1cccc(C(C)C)c1NCC(=O)Nc1ccc(C#N)cc1. The number of benzene rings is 2. The molecule has 23 heavy (non-hydrogen) atoms. The van der Waals surface area contributed by atoms with Crippen molar-refractivity contribution in [3.8, 4) is 6.07 Å². The fourth-order valence-corrected chi connectivity index (χ4v) is 2.42. The average molecular weight is 307 g/mol. The van der Waals surface area contributed by atoms with Crippen molar-refractivity contribution in [2.75, 3.05) is 17.2 Å². The van der Waals surface area contributed by atoms with Crippen LogP contribution >= 0.6 is 0 Å². The van der Waals surface area contributed by atoms with E-state index in [4.69, 9.17) is 5.26 Å². The third-order valence-electron chi connectivity index (χ3n) is 3.65. The molecule has 0 fully saturated rings. The average Bonchev–Trinajstić information content (AvgIpc) is 2.54. The lowest BCUT2D eigenvalue weighted by Crippen LogP contribution is -2.22. The second-order valence-corrected chi connectivity index (χ2v) is 5.78. The third-order valence-corrected chi connectivity index (χ3v) is 3.65. The molecule has 0 aliphatic heterocycles. The summed E-state index contributed by atoms with van der Waals surface area (Å²) in [4.78, 5) is 12.1. The number of aryl methyl sites for hydroxylation is 1. The molecule has 2 aromatic rings. The highest BCUT2D eigenvalue weighted by Crippen LogP contribution is 2.27. The molecule has 0 atom stereocenters. The van der Waals surface area contributed by atoms with Gasteiger partial charge in [-0.15, -0.1) is 0 Å². The molecule has 0 heterocycles. The zero-order chi connectivity index (χ0) is 16.8. The highest BCUT2D eigenvalue weighted by atomic mass is 16.1. The monoisotopic (exact) mass is 307 g/mol. The molecule has 2 rings (SSSR count). The van der Waals surface area contributed by atoms with Gasteiger partial charge in [0.1, 0.15) is 0 Å². The maximum atomic E-state index is 12.1. The molecule has 118 valence electrons. The Bertz CT molecular complexity index is 727. The van der Waals surface area contributed by atoms with Crippen LogP contribution in [-0.4, -0.2) is 12.5 Å². The first-order chi connectivity index (χ1) is 11.0. The molecule has 0 aliphatic carbocycles. The molecule has 0 spiro atoms. The predicted molar refractivity (Wildman–Crippen MR) is 93.5 cm³/mol. The van der Waals surface area contributed by atoms with E-state index in [0.717, 1.165) is 11.3 Å². The van der Waals surface area contributed by atoms with Crippen LogP contribution in [0.15, 0.2) is 42.5 Å².